The number of likely N-dealkylation sites (tertiary alicyclic amines) is 1. The number of nitrogens with zero attached hydrogens (tertiary/aromatic N) is 1. The maximum absolute atomic E-state index is 13.0. The number of halogens is 1. The molecule has 3 atom stereocenters. The largest absolute Gasteiger partial charge is 0.496 e. The number of amides is 2. The van der Waals surface area contributed by atoms with Gasteiger partial charge in [0.15, 0.2) is 0 Å². The van der Waals surface area contributed by atoms with E-state index in [2.05, 4.69) is 17.6 Å². The summed E-state index contributed by atoms with van der Waals surface area (Å²) in [7, 11) is 1.52. The first-order valence-electron chi connectivity index (χ1n) is 9.17. The van der Waals surface area contributed by atoms with Crippen molar-refractivity contribution in [3.05, 3.63) is 28.8 Å². The van der Waals surface area contributed by atoms with Crippen molar-refractivity contribution >= 4 is 23.4 Å². The van der Waals surface area contributed by atoms with Crippen molar-refractivity contribution in [2.24, 2.45) is 5.92 Å². The third kappa shape index (κ3) is 3.96. The summed E-state index contributed by atoms with van der Waals surface area (Å²) in [5.41, 5.74) is 0.396. The molecule has 1 aromatic rings. The molecular weight excluding hydrogens is 354 g/mol. The lowest BCUT2D eigenvalue weighted by atomic mass is 9.94. The van der Waals surface area contributed by atoms with Gasteiger partial charge in [-0.2, -0.15) is 0 Å². The molecule has 7 heteroatoms. The van der Waals surface area contributed by atoms with Crippen LogP contribution in [0.5, 0.6) is 5.75 Å². The van der Waals surface area contributed by atoms with E-state index in [-0.39, 0.29) is 17.9 Å². The second-order valence-electron chi connectivity index (χ2n) is 7.09. The Kier molecular flexibility index (Phi) is 6.04. The summed E-state index contributed by atoms with van der Waals surface area (Å²) in [5, 5.41) is 6.92. The van der Waals surface area contributed by atoms with E-state index in [0.29, 0.717) is 35.2 Å². The number of ether oxygens (including phenoxy) is 1. The number of methoxy groups -OCH3 is 1. The zero-order chi connectivity index (χ0) is 18.7. The van der Waals surface area contributed by atoms with Crippen molar-refractivity contribution in [3.8, 4) is 5.75 Å². The Balaban J connectivity index is 1.74. The highest BCUT2D eigenvalue weighted by Gasteiger charge is 2.37. The van der Waals surface area contributed by atoms with Gasteiger partial charge in [0.25, 0.3) is 5.91 Å². The zero-order valence-corrected chi connectivity index (χ0v) is 16.0. The van der Waals surface area contributed by atoms with Crippen LogP contribution in [0.2, 0.25) is 5.02 Å². The molecule has 0 saturated carbocycles. The Morgan fingerprint density at radius 3 is 2.88 bits per heavy atom. The summed E-state index contributed by atoms with van der Waals surface area (Å²) in [4.78, 5) is 27.5. The molecule has 142 valence electrons. The Morgan fingerprint density at radius 1 is 1.35 bits per heavy atom. The molecule has 2 aliphatic rings. The minimum absolute atomic E-state index is 0.0719. The Morgan fingerprint density at radius 2 is 2.15 bits per heavy atom. The van der Waals surface area contributed by atoms with Gasteiger partial charge in [-0.05, 0) is 49.9 Å². The lowest BCUT2D eigenvalue weighted by Gasteiger charge is -2.32. The predicted octanol–water partition coefficient (Wildman–Crippen LogP) is 2.07. The standard InChI is InChI=1S/C19H26ClN3O3/c1-12-7-8-21-11-15(12)22-18(24)16-4-3-9-23(16)19(25)14-10-13(20)5-6-17(14)26-2/h5-6,10,12,15-16,21H,3-4,7-9,11H2,1-2H3,(H,22,24). The molecular formula is C19H26ClN3O3. The van der Waals surface area contributed by atoms with Crippen molar-refractivity contribution in [1.29, 1.82) is 0 Å². The summed E-state index contributed by atoms with van der Waals surface area (Å²) in [6.07, 6.45) is 2.53. The molecule has 0 bridgehead atoms. The maximum atomic E-state index is 13.0. The highest BCUT2D eigenvalue weighted by Crippen LogP contribution is 2.28. The quantitative estimate of drug-likeness (QED) is 0.840. The summed E-state index contributed by atoms with van der Waals surface area (Å²) in [5.74, 6) is 0.614. The number of carbonyl (C=O) groups excluding carboxylic acids is 2. The number of nitrogens with one attached hydrogen (secondary N) is 2. The van der Waals surface area contributed by atoms with E-state index in [1.54, 1.807) is 23.1 Å². The number of hydrogen-bond donors (Lipinski definition) is 2. The normalized spacial score (nSPS) is 25.8. The zero-order valence-electron chi connectivity index (χ0n) is 15.3. The van der Waals surface area contributed by atoms with Crippen LogP contribution in [0.3, 0.4) is 0 Å². The summed E-state index contributed by atoms with van der Waals surface area (Å²) >= 11 is 6.06. The minimum Gasteiger partial charge on any atom is -0.496 e. The van der Waals surface area contributed by atoms with Gasteiger partial charge in [-0.3, -0.25) is 9.59 Å². The fraction of sp³-hybridized carbons (Fsp3) is 0.579. The van der Waals surface area contributed by atoms with Crippen molar-refractivity contribution in [2.75, 3.05) is 26.7 Å². The van der Waals surface area contributed by atoms with Gasteiger partial charge in [-0.1, -0.05) is 18.5 Å². The molecule has 2 N–H and O–H groups in total. The number of rotatable bonds is 4. The highest BCUT2D eigenvalue weighted by atomic mass is 35.5. The van der Waals surface area contributed by atoms with Crippen molar-refractivity contribution in [2.45, 2.75) is 38.3 Å². The molecule has 0 spiro atoms. The van der Waals surface area contributed by atoms with Crippen LogP contribution in [0.1, 0.15) is 36.5 Å². The van der Waals surface area contributed by atoms with Crippen LogP contribution in [0, 0.1) is 5.92 Å². The number of hydrogen-bond acceptors (Lipinski definition) is 4. The third-order valence-electron chi connectivity index (χ3n) is 5.36. The molecule has 2 amide bonds. The molecule has 0 radical (unpaired) electrons. The smallest absolute Gasteiger partial charge is 0.258 e. The fourth-order valence-electron chi connectivity index (χ4n) is 3.75. The lowest BCUT2D eigenvalue weighted by molar-refractivity contribution is -0.126. The van der Waals surface area contributed by atoms with Gasteiger partial charge in [0.05, 0.1) is 12.7 Å². The van der Waals surface area contributed by atoms with E-state index in [0.717, 1.165) is 25.9 Å². The number of carbonyl (C=O) groups is 2. The van der Waals surface area contributed by atoms with E-state index < -0.39 is 6.04 Å². The molecule has 6 nitrogen and oxygen atoms in total. The molecule has 26 heavy (non-hydrogen) atoms. The first-order valence-corrected chi connectivity index (χ1v) is 9.54. The topological polar surface area (TPSA) is 70.7 Å². The van der Waals surface area contributed by atoms with Crippen molar-refractivity contribution < 1.29 is 14.3 Å². The van der Waals surface area contributed by atoms with Gasteiger partial charge in [0, 0.05) is 24.2 Å². The minimum atomic E-state index is -0.444. The summed E-state index contributed by atoms with van der Waals surface area (Å²) in [6.45, 7) is 4.47. The molecule has 3 rings (SSSR count). The van der Waals surface area contributed by atoms with Gasteiger partial charge in [-0.25, -0.2) is 0 Å². The lowest BCUT2D eigenvalue weighted by Crippen LogP contribution is -2.55. The van der Waals surface area contributed by atoms with E-state index in [1.807, 2.05) is 0 Å². The van der Waals surface area contributed by atoms with E-state index in [1.165, 1.54) is 7.11 Å². The maximum Gasteiger partial charge on any atom is 0.258 e. The average molecular weight is 380 g/mol. The van der Waals surface area contributed by atoms with Gasteiger partial charge >= 0.3 is 0 Å². The van der Waals surface area contributed by atoms with Gasteiger partial charge < -0.3 is 20.3 Å². The molecule has 2 heterocycles. The van der Waals surface area contributed by atoms with Crippen LogP contribution in [0.15, 0.2) is 18.2 Å². The molecule has 2 saturated heterocycles. The Hall–Kier alpha value is -1.79. The number of piperidine rings is 1. The summed E-state index contributed by atoms with van der Waals surface area (Å²) in [6, 6.07) is 4.62. The van der Waals surface area contributed by atoms with E-state index >= 15 is 0 Å². The molecule has 0 aromatic heterocycles. The number of benzene rings is 1. The van der Waals surface area contributed by atoms with Crippen LogP contribution in [-0.4, -0.2) is 55.5 Å². The first kappa shape index (κ1) is 19.0. The van der Waals surface area contributed by atoms with Gasteiger partial charge in [0.1, 0.15) is 11.8 Å². The van der Waals surface area contributed by atoms with Crippen LogP contribution >= 0.6 is 11.6 Å². The molecule has 0 aliphatic carbocycles. The second kappa shape index (κ2) is 8.27. The third-order valence-corrected chi connectivity index (χ3v) is 5.60. The van der Waals surface area contributed by atoms with Crippen LogP contribution < -0.4 is 15.4 Å². The van der Waals surface area contributed by atoms with Crippen molar-refractivity contribution in [3.63, 3.8) is 0 Å². The van der Waals surface area contributed by atoms with Crippen LogP contribution in [0.4, 0.5) is 0 Å². The molecule has 1 aromatic carbocycles. The summed E-state index contributed by atoms with van der Waals surface area (Å²) < 4.78 is 5.30. The average Bonchev–Trinajstić information content (AvgIpc) is 3.13. The fourth-order valence-corrected chi connectivity index (χ4v) is 3.92. The Labute approximate surface area is 159 Å². The van der Waals surface area contributed by atoms with Gasteiger partial charge in [0.2, 0.25) is 5.91 Å². The van der Waals surface area contributed by atoms with Gasteiger partial charge in [-0.15, -0.1) is 0 Å². The molecule has 3 unspecified atom stereocenters. The monoisotopic (exact) mass is 379 g/mol. The van der Waals surface area contributed by atoms with E-state index in [4.69, 9.17) is 16.3 Å². The first-order chi connectivity index (χ1) is 12.5. The Bertz CT molecular complexity index is 682. The second-order valence-corrected chi connectivity index (χ2v) is 7.52. The predicted molar refractivity (Wildman–Crippen MR) is 101 cm³/mol. The molecule has 2 aliphatic heterocycles. The molecule has 2 fully saturated rings. The highest BCUT2D eigenvalue weighted by molar-refractivity contribution is 6.31. The van der Waals surface area contributed by atoms with Crippen LogP contribution in [0.25, 0.3) is 0 Å². The van der Waals surface area contributed by atoms with E-state index in [9.17, 15) is 9.59 Å². The van der Waals surface area contributed by atoms with Crippen LogP contribution in [-0.2, 0) is 4.79 Å². The SMILES string of the molecule is COc1ccc(Cl)cc1C(=O)N1CCCC1C(=O)NC1CNCCC1C. The van der Waals surface area contributed by atoms with Crippen molar-refractivity contribution in [1.82, 2.24) is 15.5 Å².